The molecule has 0 aromatic heterocycles. The van der Waals surface area contributed by atoms with Gasteiger partial charge in [0.1, 0.15) is 5.66 Å². The molecule has 0 saturated carbocycles. The van der Waals surface area contributed by atoms with Crippen LogP contribution in [-0.4, -0.2) is 18.1 Å². The zero-order valence-corrected chi connectivity index (χ0v) is 14.1. The Morgan fingerprint density at radius 1 is 1.04 bits per heavy atom. The van der Waals surface area contributed by atoms with E-state index in [1.165, 1.54) is 11.3 Å². The summed E-state index contributed by atoms with van der Waals surface area (Å²) in [5.41, 5.74) is 2.90. The molecule has 0 spiro atoms. The van der Waals surface area contributed by atoms with E-state index in [-0.39, 0.29) is 11.3 Å². The minimum absolute atomic E-state index is 0.116. The fourth-order valence-electron chi connectivity index (χ4n) is 4.10. The van der Waals surface area contributed by atoms with Gasteiger partial charge in [-0.3, -0.25) is 4.79 Å². The van der Waals surface area contributed by atoms with Crippen LogP contribution < -0.4 is 10.2 Å². The molecule has 1 atom stereocenters. The molecular weight excluding hydrogens is 296 g/mol. The maximum Gasteiger partial charge on any atom is 0.223 e. The quantitative estimate of drug-likeness (QED) is 0.915. The molecule has 2 aromatic rings. The van der Waals surface area contributed by atoms with E-state index in [0.717, 1.165) is 12.1 Å². The summed E-state index contributed by atoms with van der Waals surface area (Å²) in [5, 5.41) is 3.30. The normalized spacial score (nSPS) is 24.6. The van der Waals surface area contributed by atoms with E-state index in [2.05, 4.69) is 72.6 Å². The Morgan fingerprint density at radius 2 is 1.75 bits per heavy atom. The van der Waals surface area contributed by atoms with Crippen molar-refractivity contribution in [2.24, 2.45) is 0 Å². The Hall–Kier alpha value is -2.55. The first kappa shape index (κ1) is 15.0. The summed E-state index contributed by atoms with van der Waals surface area (Å²) >= 11 is 0. The Bertz CT molecular complexity index is 810. The number of benzene rings is 2. The van der Waals surface area contributed by atoms with Crippen LogP contribution in [0.2, 0.25) is 0 Å². The molecule has 122 valence electrons. The van der Waals surface area contributed by atoms with Crippen LogP contribution in [-0.2, 0) is 10.2 Å². The van der Waals surface area contributed by atoms with Crippen molar-refractivity contribution in [3.8, 4) is 0 Å². The lowest BCUT2D eigenvalue weighted by Crippen LogP contribution is -2.68. The van der Waals surface area contributed by atoms with Gasteiger partial charge in [-0.05, 0) is 23.3 Å². The Labute approximate surface area is 143 Å². The summed E-state index contributed by atoms with van der Waals surface area (Å²) in [5.74, 6) is 0.116. The fraction of sp³-hybridized carbons (Fsp3) is 0.286. The van der Waals surface area contributed by atoms with Crippen LogP contribution in [0, 0.1) is 0 Å². The monoisotopic (exact) mass is 318 g/mol. The molecule has 2 heterocycles. The molecule has 2 aliphatic heterocycles. The van der Waals surface area contributed by atoms with Gasteiger partial charge in [-0.25, -0.2) is 0 Å². The van der Waals surface area contributed by atoms with E-state index in [1.807, 2.05) is 18.2 Å². The molecule has 1 saturated heterocycles. The van der Waals surface area contributed by atoms with Crippen LogP contribution in [0.3, 0.4) is 0 Å². The minimum atomic E-state index is -0.526. The summed E-state index contributed by atoms with van der Waals surface area (Å²) in [6.07, 6.45) is 4.82. The van der Waals surface area contributed by atoms with Crippen molar-refractivity contribution in [1.29, 1.82) is 0 Å². The van der Waals surface area contributed by atoms with Crippen LogP contribution in [0.1, 0.15) is 31.4 Å². The van der Waals surface area contributed by atoms with Crippen molar-refractivity contribution < 1.29 is 4.79 Å². The second-order valence-electron chi connectivity index (χ2n) is 7.10. The van der Waals surface area contributed by atoms with Gasteiger partial charge in [-0.2, -0.15) is 0 Å². The molecular formula is C21H22N2O. The van der Waals surface area contributed by atoms with Gasteiger partial charge in [0, 0.05) is 24.1 Å². The average Bonchev–Trinajstić information content (AvgIpc) is 2.79. The highest BCUT2D eigenvalue weighted by Gasteiger charge is 2.57. The molecule has 4 rings (SSSR count). The molecule has 1 N–H and O–H groups in total. The number of hydrogen-bond acceptors (Lipinski definition) is 2. The van der Waals surface area contributed by atoms with Crippen LogP contribution in [0.25, 0.3) is 6.08 Å². The highest BCUT2D eigenvalue weighted by Crippen LogP contribution is 2.52. The number of anilines is 1. The van der Waals surface area contributed by atoms with Crippen LogP contribution in [0.5, 0.6) is 0 Å². The van der Waals surface area contributed by atoms with Crippen LogP contribution in [0.4, 0.5) is 5.69 Å². The number of rotatable bonds is 2. The lowest BCUT2D eigenvalue weighted by Gasteiger charge is -2.49. The number of amides is 1. The molecule has 2 aromatic carbocycles. The number of carbonyl (C=O) groups excluding carboxylic acids is 1. The molecule has 3 nitrogen and oxygen atoms in total. The summed E-state index contributed by atoms with van der Waals surface area (Å²) in [7, 11) is 0. The van der Waals surface area contributed by atoms with E-state index in [0.29, 0.717) is 6.42 Å². The number of nitrogens with one attached hydrogen (secondary N) is 1. The lowest BCUT2D eigenvalue weighted by atomic mass is 9.74. The molecule has 24 heavy (non-hydrogen) atoms. The van der Waals surface area contributed by atoms with Gasteiger partial charge in [0.05, 0.1) is 0 Å². The van der Waals surface area contributed by atoms with Gasteiger partial charge in [0.15, 0.2) is 0 Å². The summed E-state index contributed by atoms with van der Waals surface area (Å²) in [4.78, 5) is 14.6. The molecule has 0 aliphatic carbocycles. The number of carbonyl (C=O) groups is 1. The van der Waals surface area contributed by atoms with Crippen molar-refractivity contribution in [2.45, 2.75) is 31.3 Å². The lowest BCUT2D eigenvalue weighted by molar-refractivity contribution is -0.124. The maximum atomic E-state index is 12.3. The Morgan fingerprint density at radius 3 is 2.54 bits per heavy atom. The summed E-state index contributed by atoms with van der Waals surface area (Å²) < 4.78 is 0. The molecule has 1 unspecified atom stereocenters. The van der Waals surface area contributed by atoms with Gasteiger partial charge in [0.2, 0.25) is 5.91 Å². The van der Waals surface area contributed by atoms with Crippen molar-refractivity contribution in [1.82, 2.24) is 5.32 Å². The predicted molar refractivity (Wildman–Crippen MR) is 97.8 cm³/mol. The molecule has 2 aliphatic rings. The van der Waals surface area contributed by atoms with Crippen molar-refractivity contribution in [3.05, 3.63) is 71.8 Å². The average molecular weight is 318 g/mol. The molecule has 3 heteroatoms. The molecule has 1 amide bonds. The number of hydrogen-bond donors (Lipinski definition) is 1. The van der Waals surface area contributed by atoms with E-state index in [4.69, 9.17) is 0 Å². The predicted octanol–water partition coefficient (Wildman–Crippen LogP) is 3.71. The van der Waals surface area contributed by atoms with Gasteiger partial charge < -0.3 is 10.2 Å². The highest BCUT2D eigenvalue weighted by atomic mass is 16.2. The molecule has 0 bridgehead atoms. The number of fused-ring (bicyclic) bond motifs is 3. The number of nitrogens with zero attached hydrogens (tertiary/aromatic N) is 1. The van der Waals surface area contributed by atoms with Crippen molar-refractivity contribution in [3.63, 3.8) is 0 Å². The van der Waals surface area contributed by atoms with Gasteiger partial charge in [-0.15, -0.1) is 0 Å². The first-order chi connectivity index (χ1) is 11.5. The molecule has 0 radical (unpaired) electrons. The maximum absolute atomic E-state index is 12.3. The van der Waals surface area contributed by atoms with E-state index in [1.54, 1.807) is 0 Å². The van der Waals surface area contributed by atoms with Crippen molar-refractivity contribution >= 4 is 17.7 Å². The summed E-state index contributed by atoms with van der Waals surface area (Å²) in [6, 6.07) is 18.7. The van der Waals surface area contributed by atoms with E-state index in [9.17, 15) is 4.79 Å². The minimum Gasteiger partial charge on any atom is -0.344 e. The van der Waals surface area contributed by atoms with Gasteiger partial charge in [-0.1, -0.05) is 68.5 Å². The highest BCUT2D eigenvalue weighted by molar-refractivity contribution is 5.84. The smallest absolute Gasteiger partial charge is 0.223 e. The Balaban J connectivity index is 1.86. The van der Waals surface area contributed by atoms with Gasteiger partial charge in [0.25, 0.3) is 0 Å². The fourth-order valence-corrected chi connectivity index (χ4v) is 4.10. The first-order valence-electron chi connectivity index (χ1n) is 8.47. The third-order valence-corrected chi connectivity index (χ3v) is 5.46. The second kappa shape index (κ2) is 5.23. The molecule has 1 fully saturated rings. The largest absolute Gasteiger partial charge is 0.344 e. The zero-order valence-electron chi connectivity index (χ0n) is 14.1. The Kier molecular flexibility index (Phi) is 3.27. The van der Waals surface area contributed by atoms with Crippen molar-refractivity contribution in [2.75, 3.05) is 11.4 Å². The van der Waals surface area contributed by atoms with Crippen LogP contribution >= 0.6 is 0 Å². The first-order valence-corrected chi connectivity index (χ1v) is 8.47. The van der Waals surface area contributed by atoms with E-state index < -0.39 is 5.66 Å². The standard InChI is InChI=1S/C21H22N2O/c1-20(2)17-10-6-7-11-18(17)23-15-13-19(24)22-21(20,23)14-12-16-8-4-3-5-9-16/h3-12,14H,13,15H2,1-2H3,(H,22,24). The van der Waals surface area contributed by atoms with Crippen LogP contribution in [0.15, 0.2) is 60.7 Å². The zero-order chi connectivity index (χ0) is 16.8. The number of para-hydroxylation sites is 1. The van der Waals surface area contributed by atoms with Gasteiger partial charge >= 0.3 is 0 Å². The second-order valence-corrected chi connectivity index (χ2v) is 7.10. The SMILES string of the molecule is CC1(C)c2ccccc2N2CCC(=O)NC21C=Cc1ccccc1. The third kappa shape index (κ3) is 2.01. The third-order valence-electron chi connectivity index (χ3n) is 5.46. The topological polar surface area (TPSA) is 32.3 Å². The van der Waals surface area contributed by atoms with E-state index >= 15 is 0 Å². The summed E-state index contributed by atoms with van der Waals surface area (Å²) in [6.45, 7) is 5.17.